The minimum Gasteiger partial charge on any atom is -0.327 e. The Balaban J connectivity index is 1.99. The van der Waals surface area contributed by atoms with Gasteiger partial charge < -0.3 is 4.90 Å². The summed E-state index contributed by atoms with van der Waals surface area (Å²) in [4.78, 5) is 1.65. The predicted molar refractivity (Wildman–Crippen MR) is 81.0 cm³/mol. The molecule has 2 rings (SSSR count). The highest BCUT2D eigenvalue weighted by Gasteiger charge is 2.09. The van der Waals surface area contributed by atoms with Crippen molar-refractivity contribution in [3.8, 4) is 0 Å². The zero-order chi connectivity index (χ0) is 13.3. The number of unbranched alkanes of at least 4 members (excludes halogenated alkanes) is 1. The third-order valence-corrected chi connectivity index (χ3v) is 3.48. The van der Waals surface area contributed by atoms with Gasteiger partial charge in [-0.25, -0.2) is 0 Å². The highest BCUT2D eigenvalue weighted by Crippen LogP contribution is 1.99. The SMILES string of the molecule is CCCC[NH+](Cc1ccccc1)Cc1ccccc1. The van der Waals surface area contributed by atoms with Gasteiger partial charge in [0, 0.05) is 11.1 Å². The molecule has 2 aromatic rings. The van der Waals surface area contributed by atoms with E-state index in [1.165, 1.54) is 30.5 Å². The number of rotatable bonds is 7. The zero-order valence-corrected chi connectivity index (χ0v) is 11.8. The van der Waals surface area contributed by atoms with Crippen LogP contribution in [0.4, 0.5) is 0 Å². The van der Waals surface area contributed by atoms with Gasteiger partial charge in [-0.1, -0.05) is 74.0 Å². The van der Waals surface area contributed by atoms with Crippen LogP contribution in [0, 0.1) is 0 Å². The Labute approximate surface area is 116 Å². The molecular formula is C18H24N+. The second-order valence-corrected chi connectivity index (χ2v) is 5.18. The molecule has 0 amide bonds. The molecule has 0 radical (unpaired) electrons. The smallest absolute Gasteiger partial charge is 0.103 e. The molecule has 0 aliphatic rings. The van der Waals surface area contributed by atoms with Crippen LogP contribution in [0.15, 0.2) is 60.7 Å². The summed E-state index contributed by atoms with van der Waals surface area (Å²) in [7, 11) is 0. The van der Waals surface area contributed by atoms with Crippen LogP contribution in [-0.2, 0) is 13.1 Å². The van der Waals surface area contributed by atoms with Gasteiger partial charge >= 0.3 is 0 Å². The minimum atomic E-state index is 1.12. The Morgan fingerprint density at radius 1 is 0.737 bits per heavy atom. The molecule has 0 aliphatic carbocycles. The molecule has 0 aliphatic heterocycles. The van der Waals surface area contributed by atoms with Crippen LogP contribution in [-0.4, -0.2) is 6.54 Å². The highest BCUT2D eigenvalue weighted by molar-refractivity contribution is 5.14. The fraction of sp³-hybridized carbons (Fsp3) is 0.333. The Morgan fingerprint density at radius 2 is 1.21 bits per heavy atom. The Hall–Kier alpha value is -1.60. The first-order chi connectivity index (χ1) is 9.38. The van der Waals surface area contributed by atoms with E-state index >= 15 is 0 Å². The Bertz CT molecular complexity index is 408. The topological polar surface area (TPSA) is 4.44 Å². The van der Waals surface area contributed by atoms with Gasteiger partial charge in [-0.05, 0) is 6.42 Å². The normalized spacial score (nSPS) is 10.8. The quantitative estimate of drug-likeness (QED) is 0.774. The van der Waals surface area contributed by atoms with Crippen molar-refractivity contribution in [3.05, 3.63) is 71.8 Å². The highest BCUT2D eigenvalue weighted by atomic mass is 15.1. The van der Waals surface area contributed by atoms with Crippen LogP contribution >= 0.6 is 0 Å². The molecule has 0 fully saturated rings. The van der Waals surface area contributed by atoms with Gasteiger partial charge in [-0.3, -0.25) is 0 Å². The fourth-order valence-electron chi connectivity index (χ4n) is 2.44. The van der Waals surface area contributed by atoms with Crippen molar-refractivity contribution in [2.24, 2.45) is 0 Å². The third kappa shape index (κ3) is 4.88. The van der Waals surface area contributed by atoms with E-state index in [2.05, 4.69) is 67.6 Å². The maximum absolute atomic E-state index is 2.27. The van der Waals surface area contributed by atoms with Crippen molar-refractivity contribution in [2.75, 3.05) is 6.54 Å². The second kappa shape index (κ2) is 7.75. The summed E-state index contributed by atoms with van der Waals surface area (Å²) in [5.41, 5.74) is 2.87. The summed E-state index contributed by atoms with van der Waals surface area (Å²) in [5, 5.41) is 0. The van der Waals surface area contributed by atoms with Crippen molar-refractivity contribution >= 4 is 0 Å². The number of quaternary nitrogens is 1. The second-order valence-electron chi connectivity index (χ2n) is 5.18. The summed E-state index contributed by atoms with van der Waals surface area (Å²) in [6, 6.07) is 21.6. The van der Waals surface area contributed by atoms with Gasteiger partial charge in [0.15, 0.2) is 0 Å². The monoisotopic (exact) mass is 254 g/mol. The van der Waals surface area contributed by atoms with E-state index in [-0.39, 0.29) is 0 Å². The van der Waals surface area contributed by atoms with E-state index < -0.39 is 0 Å². The first kappa shape index (κ1) is 13.8. The van der Waals surface area contributed by atoms with Crippen molar-refractivity contribution in [1.82, 2.24) is 0 Å². The number of hydrogen-bond acceptors (Lipinski definition) is 0. The molecule has 0 saturated carbocycles. The predicted octanol–water partition coefficient (Wildman–Crippen LogP) is 3.07. The minimum absolute atomic E-state index is 1.12. The van der Waals surface area contributed by atoms with Crippen molar-refractivity contribution in [3.63, 3.8) is 0 Å². The standard InChI is InChI=1S/C18H23N/c1-2-3-14-19(15-17-10-6-4-7-11-17)16-18-12-8-5-9-13-18/h4-13H,2-3,14-16H2,1H3/p+1. The Morgan fingerprint density at radius 3 is 1.63 bits per heavy atom. The first-order valence-electron chi connectivity index (χ1n) is 7.30. The van der Waals surface area contributed by atoms with Crippen LogP contribution in [0.3, 0.4) is 0 Å². The lowest BCUT2D eigenvalue weighted by Gasteiger charge is -2.19. The summed E-state index contributed by atoms with van der Waals surface area (Å²) < 4.78 is 0. The van der Waals surface area contributed by atoms with E-state index in [9.17, 15) is 0 Å². The Kier molecular flexibility index (Phi) is 5.64. The van der Waals surface area contributed by atoms with Gasteiger partial charge in [0.2, 0.25) is 0 Å². The maximum atomic E-state index is 2.27. The van der Waals surface area contributed by atoms with Crippen molar-refractivity contribution < 1.29 is 4.90 Å². The molecule has 0 heterocycles. The lowest BCUT2D eigenvalue weighted by Crippen LogP contribution is -3.09. The van der Waals surface area contributed by atoms with Crippen LogP contribution in [0.2, 0.25) is 0 Å². The van der Waals surface area contributed by atoms with Gasteiger partial charge in [-0.15, -0.1) is 0 Å². The summed E-state index contributed by atoms with van der Waals surface area (Å²) in [5.74, 6) is 0. The van der Waals surface area contributed by atoms with Crippen LogP contribution in [0.25, 0.3) is 0 Å². The number of nitrogens with one attached hydrogen (secondary N) is 1. The van der Waals surface area contributed by atoms with Crippen molar-refractivity contribution in [2.45, 2.75) is 32.9 Å². The van der Waals surface area contributed by atoms with E-state index in [1.54, 1.807) is 4.90 Å². The molecule has 100 valence electrons. The molecular weight excluding hydrogens is 230 g/mol. The van der Waals surface area contributed by atoms with E-state index in [0.29, 0.717) is 0 Å². The van der Waals surface area contributed by atoms with Gasteiger partial charge in [-0.2, -0.15) is 0 Å². The summed E-state index contributed by atoms with van der Waals surface area (Å²) in [6.07, 6.45) is 2.57. The van der Waals surface area contributed by atoms with Crippen molar-refractivity contribution in [1.29, 1.82) is 0 Å². The molecule has 1 nitrogen and oxygen atoms in total. The molecule has 0 bridgehead atoms. The zero-order valence-electron chi connectivity index (χ0n) is 11.8. The number of benzene rings is 2. The van der Waals surface area contributed by atoms with Crippen LogP contribution < -0.4 is 4.90 Å². The molecule has 1 N–H and O–H groups in total. The molecule has 2 aromatic carbocycles. The van der Waals surface area contributed by atoms with E-state index in [4.69, 9.17) is 0 Å². The summed E-state index contributed by atoms with van der Waals surface area (Å²) in [6.45, 7) is 5.76. The van der Waals surface area contributed by atoms with Gasteiger partial charge in [0.1, 0.15) is 13.1 Å². The molecule has 19 heavy (non-hydrogen) atoms. The maximum Gasteiger partial charge on any atom is 0.103 e. The lowest BCUT2D eigenvalue weighted by molar-refractivity contribution is -0.927. The van der Waals surface area contributed by atoms with Gasteiger partial charge in [0.25, 0.3) is 0 Å². The van der Waals surface area contributed by atoms with E-state index in [1.807, 2.05) is 0 Å². The largest absolute Gasteiger partial charge is 0.327 e. The molecule has 0 atom stereocenters. The average Bonchev–Trinajstić information content (AvgIpc) is 2.47. The van der Waals surface area contributed by atoms with Crippen LogP contribution in [0.1, 0.15) is 30.9 Å². The molecule has 0 spiro atoms. The first-order valence-corrected chi connectivity index (χ1v) is 7.30. The molecule has 0 unspecified atom stereocenters. The molecule has 1 heteroatoms. The lowest BCUT2D eigenvalue weighted by atomic mass is 10.1. The molecule has 0 aromatic heterocycles. The molecule has 0 saturated heterocycles. The summed E-state index contributed by atoms with van der Waals surface area (Å²) >= 11 is 0. The van der Waals surface area contributed by atoms with E-state index in [0.717, 1.165) is 13.1 Å². The van der Waals surface area contributed by atoms with Crippen LogP contribution in [0.5, 0.6) is 0 Å². The van der Waals surface area contributed by atoms with Gasteiger partial charge in [0.05, 0.1) is 6.54 Å². The third-order valence-electron chi connectivity index (χ3n) is 3.48. The average molecular weight is 254 g/mol. The fourth-order valence-corrected chi connectivity index (χ4v) is 2.44. The number of hydrogen-bond donors (Lipinski definition) is 1.